The van der Waals surface area contributed by atoms with E-state index in [1.54, 1.807) is 21.3 Å². The highest BCUT2D eigenvalue weighted by atomic mass is 28.4. The number of piperidine rings is 1. The number of unbranched alkanes of at least 4 members (excludes halogenated alkanes) is 5. The van der Waals surface area contributed by atoms with E-state index in [9.17, 15) is 0 Å². The summed E-state index contributed by atoms with van der Waals surface area (Å²) in [5.41, 5.74) is 1.19. The average Bonchev–Trinajstić information content (AvgIpc) is 2.84. The second-order valence-electron chi connectivity index (χ2n) is 11.0. The Morgan fingerprint density at radius 2 is 1.34 bits per heavy atom. The Hall–Kier alpha value is -0.803. The molecule has 0 amide bonds. The molecule has 1 aromatic rings. The Kier molecular flexibility index (Phi) is 12.9. The highest BCUT2D eigenvalue weighted by molar-refractivity contribution is 6.60. The van der Waals surface area contributed by atoms with E-state index in [2.05, 4.69) is 63.1 Å². The van der Waals surface area contributed by atoms with Gasteiger partial charge in [0.1, 0.15) is 6.10 Å². The van der Waals surface area contributed by atoms with E-state index in [1.807, 2.05) is 0 Å². The standard InChI is InChI=1S/C28H51NO5Si/c1-27(2)20-17-21-28(3,4)29(27)34-26(25-18-13-12-14-19-25)24-33-22-15-10-8-9-11-16-23-35(30-5,31-6)32-7/h12-14,18-19,26H,8-11,15-17,20-24H2,1-7H3. The topological polar surface area (TPSA) is 49.4 Å². The fraction of sp³-hybridized carbons (Fsp3) is 0.786. The van der Waals surface area contributed by atoms with Crippen molar-refractivity contribution < 1.29 is 22.9 Å². The summed E-state index contributed by atoms with van der Waals surface area (Å²) in [6.07, 6.45) is 10.4. The maximum atomic E-state index is 6.72. The molecule has 0 aliphatic carbocycles. The Balaban J connectivity index is 1.73. The van der Waals surface area contributed by atoms with Gasteiger partial charge in [0.15, 0.2) is 0 Å². The Bertz CT molecular complexity index is 672. The molecule has 35 heavy (non-hydrogen) atoms. The summed E-state index contributed by atoms with van der Waals surface area (Å²) in [4.78, 5) is 6.72. The van der Waals surface area contributed by atoms with E-state index in [0.717, 1.165) is 38.3 Å². The molecule has 6 nitrogen and oxygen atoms in total. The summed E-state index contributed by atoms with van der Waals surface area (Å²) in [6.45, 7) is 10.5. The summed E-state index contributed by atoms with van der Waals surface area (Å²) in [7, 11) is 2.63. The van der Waals surface area contributed by atoms with E-state index in [4.69, 9.17) is 22.9 Å². The van der Waals surface area contributed by atoms with Crippen LogP contribution in [-0.2, 0) is 22.9 Å². The van der Waals surface area contributed by atoms with Crippen LogP contribution in [0.2, 0.25) is 6.04 Å². The molecule has 1 aliphatic heterocycles. The van der Waals surface area contributed by atoms with Gasteiger partial charge in [0.2, 0.25) is 0 Å². The van der Waals surface area contributed by atoms with Crippen molar-refractivity contribution in [3.8, 4) is 0 Å². The lowest BCUT2D eigenvalue weighted by atomic mass is 9.82. The van der Waals surface area contributed by atoms with Gasteiger partial charge in [-0.05, 0) is 65.4 Å². The first-order chi connectivity index (χ1) is 16.7. The van der Waals surface area contributed by atoms with E-state index in [-0.39, 0.29) is 17.2 Å². The fourth-order valence-electron chi connectivity index (χ4n) is 5.24. The van der Waals surface area contributed by atoms with Crippen LogP contribution in [0.5, 0.6) is 0 Å². The van der Waals surface area contributed by atoms with Crippen molar-refractivity contribution in [3.05, 3.63) is 35.9 Å². The third kappa shape index (κ3) is 9.54. The van der Waals surface area contributed by atoms with Gasteiger partial charge in [-0.2, -0.15) is 5.06 Å². The molecule has 0 aromatic heterocycles. The highest BCUT2D eigenvalue weighted by Crippen LogP contribution is 2.40. The third-order valence-corrected chi connectivity index (χ3v) is 10.1. The summed E-state index contributed by atoms with van der Waals surface area (Å²) < 4.78 is 22.6. The van der Waals surface area contributed by atoms with Crippen LogP contribution in [0.3, 0.4) is 0 Å². The number of hydrogen-bond acceptors (Lipinski definition) is 6. The summed E-state index contributed by atoms with van der Waals surface area (Å²) in [5.74, 6) is 0. The van der Waals surface area contributed by atoms with Crippen LogP contribution in [0, 0.1) is 0 Å². The molecule has 7 heteroatoms. The predicted molar refractivity (Wildman–Crippen MR) is 144 cm³/mol. The second-order valence-corrected chi connectivity index (χ2v) is 14.1. The van der Waals surface area contributed by atoms with Crippen LogP contribution in [-0.4, -0.2) is 59.5 Å². The van der Waals surface area contributed by atoms with Gasteiger partial charge in [0.25, 0.3) is 0 Å². The minimum Gasteiger partial charge on any atom is -0.378 e. The van der Waals surface area contributed by atoms with Gasteiger partial charge in [-0.25, -0.2) is 0 Å². The van der Waals surface area contributed by atoms with Gasteiger partial charge in [-0.3, -0.25) is 4.84 Å². The molecule has 0 spiro atoms. The maximum Gasteiger partial charge on any atom is 0.500 e. The minimum atomic E-state index is -2.41. The van der Waals surface area contributed by atoms with Crippen LogP contribution in [0.25, 0.3) is 0 Å². The van der Waals surface area contributed by atoms with Crippen LogP contribution in [0.15, 0.2) is 30.3 Å². The molecule has 0 bridgehead atoms. The molecule has 1 heterocycles. The van der Waals surface area contributed by atoms with Crippen LogP contribution in [0.1, 0.15) is 97.1 Å². The number of nitrogens with zero attached hydrogens (tertiary/aromatic N) is 1. The Morgan fingerprint density at radius 1 is 0.800 bits per heavy atom. The molecule has 202 valence electrons. The molecule has 0 saturated carbocycles. The van der Waals surface area contributed by atoms with Crippen LogP contribution in [0.4, 0.5) is 0 Å². The molecule has 2 rings (SSSR count). The van der Waals surface area contributed by atoms with Crippen molar-refractivity contribution in [2.45, 2.75) is 109 Å². The van der Waals surface area contributed by atoms with Gasteiger partial charge in [0.05, 0.1) is 6.61 Å². The summed E-state index contributed by atoms with van der Waals surface area (Å²) >= 11 is 0. The molecular formula is C28H51NO5Si. The van der Waals surface area contributed by atoms with E-state index < -0.39 is 8.80 Å². The normalized spacial score (nSPS) is 19.1. The smallest absolute Gasteiger partial charge is 0.378 e. The first-order valence-corrected chi connectivity index (χ1v) is 15.4. The van der Waals surface area contributed by atoms with Crippen molar-refractivity contribution in [1.29, 1.82) is 0 Å². The van der Waals surface area contributed by atoms with Crippen molar-refractivity contribution in [1.82, 2.24) is 5.06 Å². The van der Waals surface area contributed by atoms with Crippen LogP contribution < -0.4 is 0 Å². The van der Waals surface area contributed by atoms with Gasteiger partial charge in [0, 0.05) is 45.1 Å². The SMILES string of the molecule is CO[Si](CCCCCCCCOCC(ON1C(C)(C)CCCC1(C)C)c1ccccc1)(OC)OC. The molecule has 1 aromatic carbocycles. The predicted octanol–water partition coefficient (Wildman–Crippen LogP) is 6.94. The largest absolute Gasteiger partial charge is 0.500 e. The fourth-order valence-corrected chi connectivity index (χ4v) is 7.04. The average molecular weight is 510 g/mol. The molecular weight excluding hydrogens is 458 g/mol. The quantitative estimate of drug-likeness (QED) is 0.167. The zero-order valence-electron chi connectivity index (χ0n) is 23.4. The molecule has 0 radical (unpaired) electrons. The Labute approximate surface area is 215 Å². The maximum absolute atomic E-state index is 6.72. The Morgan fingerprint density at radius 3 is 1.91 bits per heavy atom. The van der Waals surface area contributed by atoms with Crippen LogP contribution >= 0.6 is 0 Å². The molecule has 0 N–H and O–H groups in total. The number of hydrogen-bond donors (Lipinski definition) is 0. The molecule has 1 unspecified atom stereocenters. The molecule has 1 fully saturated rings. The van der Waals surface area contributed by atoms with Gasteiger partial charge < -0.3 is 18.0 Å². The summed E-state index contributed by atoms with van der Waals surface area (Å²) in [6, 6.07) is 11.4. The monoisotopic (exact) mass is 509 g/mol. The number of benzene rings is 1. The zero-order valence-corrected chi connectivity index (χ0v) is 24.4. The van der Waals surface area contributed by atoms with Crippen molar-refractivity contribution in [3.63, 3.8) is 0 Å². The van der Waals surface area contributed by atoms with Crippen molar-refractivity contribution >= 4 is 8.80 Å². The van der Waals surface area contributed by atoms with Crippen molar-refractivity contribution in [2.24, 2.45) is 0 Å². The molecule has 1 saturated heterocycles. The second kappa shape index (κ2) is 14.8. The third-order valence-electron chi connectivity index (χ3n) is 7.30. The van der Waals surface area contributed by atoms with E-state index in [1.165, 1.54) is 37.7 Å². The lowest BCUT2D eigenvalue weighted by Gasteiger charge is -2.52. The number of hydroxylamine groups is 2. The first-order valence-electron chi connectivity index (χ1n) is 13.4. The lowest BCUT2D eigenvalue weighted by Crippen LogP contribution is -2.58. The first kappa shape index (κ1) is 30.4. The van der Waals surface area contributed by atoms with Gasteiger partial charge in [-0.15, -0.1) is 0 Å². The minimum absolute atomic E-state index is 0.00664. The van der Waals surface area contributed by atoms with E-state index in [0.29, 0.717) is 6.61 Å². The number of rotatable bonds is 17. The van der Waals surface area contributed by atoms with Crippen molar-refractivity contribution in [2.75, 3.05) is 34.5 Å². The summed E-state index contributed by atoms with van der Waals surface area (Å²) in [5, 5.41) is 2.25. The zero-order chi connectivity index (χ0) is 25.8. The lowest BCUT2D eigenvalue weighted by molar-refractivity contribution is -0.312. The van der Waals surface area contributed by atoms with Gasteiger partial charge >= 0.3 is 8.80 Å². The molecule has 1 atom stereocenters. The highest BCUT2D eigenvalue weighted by Gasteiger charge is 2.43. The molecule has 1 aliphatic rings. The number of ether oxygens (including phenoxy) is 1. The van der Waals surface area contributed by atoms with Gasteiger partial charge in [-0.1, -0.05) is 56.0 Å². The van der Waals surface area contributed by atoms with E-state index >= 15 is 0 Å².